The molecular weight excluding hydrogens is 645 g/mol. The first-order chi connectivity index (χ1) is 25.7. The molecule has 0 aromatic heterocycles. The smallest absolute Gasteiger partial charge is 0.186 e. The van der Waals surface area contributed by atoms with Crippen LogP contribution in [0.1, 0.15) is 283 Å². The van der Waals surface area contributed by atoms with Crippen LogP contribution >= 0.6 is 0 Å². The van der Waals surface area contributed by atoms with Gasteiger partial charge in [-0.3, -0.25) is 4.79 Å². The molecular formula is C51H84O2. The van der Waals surface area contributed by atoms with Crippen LogP contribution in [0.15, 0.2) is 24.3 Å². The van der Waals surface area contributed by atoms with Crippen molar-refractivity contribution in [1.29, 1.82) is 0 Å². The predicted octanol–water partition coefficient (Wildman–Crippen LogP) is 17.1. The predicted molar refractivity (Wildman–Crippen MR) is 236 cm³/mol. The number of ketones is 1. The van der Waals surface area contributed by atoms with Gasteiger partial charge in [-0.2, -0.15) is 0 Å². The van der Waals surface area contributed by atoms with Gasteiger partial charge in [0.25, 0.3) is 0 Å². The molecule has 0 fully saturated rings. The second-order valence-corrected chi connectivity index (χ2v) is 16.3. The summed E-state index contributed by atoms with van der Waals surface area (Å²) in [5.74, 6) is 2.67. The number of carbonyl (C=O) groups excluding carboxylic acids is 1. The SMILES string of the molecule is CCCC(CC)c1ccc(C(CC)CCC)c(/C=C/C(=O)c2c(C(CC)CCC)c(C(CC)CCC)c(O)c(C(CC)CCC)c2C(CC)CCC)c1. The Bertz CT molecular complexity index is 1330. The van der Waals surface area contributed by atoms with Crippen LogP contribution in [0.2, 0.25) is 0 Å². The average Bonchev–Trinajstić information content (AvgIpc) is 3.17. The number of benzene rings is 2. The molecule has 0 heterocycles. The van der Waals surface area contributed by atoms with Crippen LogP contribution in [0.3, 0.4) is 0 Å². The summed E-state index contributed by atoms with van der Waals surface area (Å²) in [6.07, 6.45) is 23.3. The molecule has 0 aliphatic carbocycles. The van der Waals surface area contributed by atoms with Gasteiger partial charge in [0.15, 0.2) is 5.78 Å². The molecule has 53 heavy (non-hydrogen) atoms. The van der Waals surface area contributed by atoms with Gasteiger partial charge < -0.3 is 5.11 Å². The average molecular weight is 729 g/mol. The Kier molecular flexibility index (Phi) is 22.0. The summed E-state index contributed by atoms with van der Waals surface area (Å²) in [7, 11) is 0. The molecule has 1 N–H and O–H groups in total. The molecule has 2 rings (SSSR count). The van der Waals surface area contributed by atoms with Crippen molar-refractivity contribution < 1.29 is 9.90 Å². The number of hydrogen-bond acceptors (Lipinski definition) is 2. The quantitative estimate of drug-likeness (QED) is 0.0734. The lowest BCUT2D eigenvalue weighted by atomic mass is 9.69. The van der Waals surface area contributed by atoms with E-state index in [4.69, 9.17) is 0 Å². The minimum atomic E-state index is 0.153. The molecule has 2 nitrogen and oxygen atoms in total. The molecule has 0 saturated carbocycles. The highest BCUT2D eigenvalue weighted by Gasteiger charge is 2.36. The molecule has 0 bridgehead atoms. The van der Waals surface area contributed by atoms with Crippen LogP contribution < -0.4 is 0 Å². The third-order valence-corrected chi connectivity index (χ3v) is 12.7. The Labute approximate surface area is 329 Å². The third kappa shape index (κ3) is 11.8. The third-order valence-electron chi connectivity index (χ3n) is 12.7. The Morgan fingerprint density at radius 1 is 0.509 bits per heavy atom. The molecule has 6 unspecified atom stereocenters. The number of allylic oxidation sites excluding steroid dienone is 1. The maximum absolute atomic E-state index is 15.5. The Morgan fingerprint density at radius 2 is 0.868 bits per heavy atom. The fraction of sp³-hybridized carbons (Fsp3) is 0.706. The summed E-state index contributed by atoms with van der Waals surface area (Å²) in [5.41, 5.74) is 9.61. The molecule has 2 heteroatoms. The van der Waals surface area contributed by atoms with E-state index in [2.05, 4.69) is 107 Å². The summed E-state index contributed by atoms with van der Waals surface area (Å²) in [6.45, 7) is 27.5. The van der Waals surface area contributed by atoms with Gasteiger partial charge in [0.2, 0.25) is 0 Å². The summed E-state index contributed by atoms with van der Waals surface area (Å²) in [4.78, 5) is 15.5. The summed E-state index contributed by atoms with van der Waals surface area (Å²) < 4.78 is 0. The Hall–Kier alpha value is -2.35. The monoisotopic (exact) mass is 729 g/mol. The van der Waals surface area contributed by atoms with Crippen LogP contribution in [0.25, 0.3) is 6.08 Å². The molecule has 300 valence electrons. The Balaban J connectivity index is 3.24. The molecule has 0 saturated heterocycles. The molecule has 0 aliphatic heterocycles. The maximum Gasteiger partial charge on any atom is 0.186 e. The van der Waals surface area contributed by atoms with Crippen LogP contribution in [0.4, 0.5) is 0 Å². The van der Waals surface area contributed by atoms with Gasteiger partial charge in [0, 0.05) is 16.7 Å². The molecule has 0 aliphatic rings. The minimum Gasteiger partial charge on any atom is -0.507 e. The van der Waals surface area contributed by atoms with Gasteiger partial charge in [-0.05, 0) is 146 Å². The van der Waals surface area contributed by atoms with Crippen molar-refractivity contribution in [2.75, 3.05) is 0 Å². The molecule has 2 aromatic carbocycles. The first kappa shape index (κ1) is 46.8. The van der Waals surface area contributed by atoms with Crippen LogP contribution in [-0.4, -0.2) is 10.9 Å². The molecule has 2 aromatic rings. The fourth-order valence-corrected chi connectivity index (χ4v) is 9.85. The van der Waals surface area contributed by atoms with Crippen molar-refractivity contribution in [2.24, 2.45) is 0 Å². The van der Waals surface area contributed by atoms with Gasteiger partial charge in [0.1, 0.15) is 5.75 Å². The van der Waals surface area contributed by atoms with E-state index in [0.29, 0.717) is 17.6 Å². The van der Waals surface area contributed by atoms with Crippen molar-refractivity contribution in [1.82, 2.24) is 0 Å². The Morgan fingerprint density at radius 3 is 1.25 bits per heavy atom. The lowest BCUT2D eigenvalue weighted by Gasteiger charge is -2.35. The fourth-order valence-electron chi connectivity index (χ4n) is 9.85. The summed E-state index contributed by atoms with van der Waals surface area (Å²) in [5, 5.41) is 12.8. The second kappa shape index (κ2) is 24.9. The van der Waals surface area contributed by atoms with Crippen molar-refractivity contribution in [3.05, 3.63) is 68.8 Å². The number of aromatic hydroxyl groups is 1. The van der Waals surface area contributed by atoms with Crippen molar-refractivity contribution in [2.45, 2.75) is 234 Å². The number of phenols is 1. The van der Waals surface area contributed by atoms with E-state index < -0.39 is 0 Å². The number of carbonyl (C=O) groups is 1. The highest BCUT2D eigenvalue weighted by atomic mass is 16.3. The van der Waals surface area contributed by atoms with E-state index in [1.165, 1.54) is 40.7 Å². The van der Waals surface area contributed by atoms with Crippen LogP contribution in [0, 0.1) is 0 Å². The van der Waals surface area contributed by atoms with Crippen LogP contribution in [-0.2, 0) is 0 Å². The first-order valence-corrected chi connectivity index (χ1v) is 22.9. The largest absolute Gasteiger partial charge is 0.507 e. The van der Waals surface area contributed by atoms with E-state index in [-0.39, 0.29) is 29.5 Å². The normalized spacial score (nSPS) is 15.4. The maximum atomic E-state index is 15.5. The van der Waals surface area contributed by atoms with E-state index >= 15 is 4.79 Å². The van der Waals surface area contributed by atoms with E-state index in [1.807, 2.05) is 6.08 Å². The summed E-state index contributed by atoms with van der Waals surface area (Å²) >= 11 is 0. The zero-order valence-corrected chi connectivity index (χ0v) is 36.9. The molecule has 6 atom stereocenters. The van der Waals surface area contributed by atoms with Gasteiger partial charge in [0.05, 0.1) is 0 Å². The van der Waals surface area contributed by atoms with Gasteiger partial charge in [-0.15, -0.1) is 0 Å². The lowest BCUT2D eigenvalue weighted by molar-refractivity contribution is 0.104. The van der Waals surface area contributed by atoms with E-state index in [0.717, 1.165) is 119 Å². The van der Waals surface area contributed by atoms with Crippen molar-refractivity contribution >= 4 is 11.9 Å². The summed E-state index contributed by atoms with van der Waals surface area (Å²) in [6, 6.07) is 7.21. The van der Waals surface area contributed by atoms with Gasteiger partial charge in [-0.25, -0.2) is 0 Å². The highest BCUT2D eigenvalue weighted by Crippen LogP contribution is 2.52. The first-order valence-electron chi connectivity index (χ1n) is 22.9. The topological polar surface area (TPSA) is 37.3 Å². The molecule has 0 amide bonds. The van der Waals surface area contributed by atoms with Crippen molar-refractivity contribution in [3.63, 3.8) is 0 Å². The number of hydrogen-bond donors (Lipinski definition) is 1. The highest BCUT2D eigenvalue weighted by molar-refractivity contribution is 6.10. The van der Waals surface area contributed by atoms with Gasteiger partial charge >= 0.3 is 0 Å². The van der Waals surface area contributed by atoms with Crippen molar-refractivity contribution in [3.8, 4) is 5.75 Å². The van der Waals surface area contributed by atoms with E-state index in [1.54, 1.807) is 0 Å². The van der Waals surface area contributed by atoms with E-state index in [9.17, 15) is 5.11 Å². The number of phenolic OH excluding ortho intramolecular Hbond substituents is 1. The molecule has 0 radical (unpaired) electrons. The van der Waals surface area contributed by atoms with Crippen LogP contribution in [0.5, 0.6) is 5.75 Å². The standard InChI is InChI=1S/C51H84O2/c1-13-25-36(19-7)42-31-33-44(37(20-8)26-14-2)43(35-42)32-34-45(52)50-46(38(21-9)27-15-3)48(40(23-11)29-17-5)51(53)49(41(24-12)30-18-6)47(50)39(22-10)28-16-4/h31-41,53H,13-30H2,1-12H3/b34-32+. The second-order valence-electron chi connectivity index (χ2n) is 16.3. The van der Waals surface area contributed by atoms with Gasteiger partial charge in [-0.1, -0.05) is 146 Å². The zero-order valence-electron chi connectivity index (χ0n) is 36.9. The lowest BCUT2D eigenvalue weighted by Crippen LogP contribution is -2.21. The number of rotatable bonds is 27. The molecule has 0 spiro atoms. The minimum absolute atomic E-state index is 0.153. The zero-order chi connectivity index (χ0) is 39.5.